The maximum atomic E-state index is 13.4. The van der Waals surface area contributed by atoms with Crippen LogP contribution in [-0.2, 0) is 19.1 Å². The van der Waals surface area contributed by atoms with E-state index >= 15 is 0 Å². The van der Waals surface area contributed by atoms with Gasteiger partial charge in [-0.2, -0.15) is 0 Å². The van der Waals surface area contributed by atoms with Crippen molar-refractivity contribution < 1.29 is 19.1 Å². The zero-order valence-electron chi connectivity index (χ0n) is 16.2. The van der Waals surface area contributed by atoms with Gasteiger partial charge in [-0.25, -0.2) is 0 Å². The molecule has 2 amide bonds. The summed E-state index contributed by atoms with van der Waals surface area (Å²) in [6, 6.07) is 0. The normalized spacial score (nSPS) is 32.7. The molecular weight excluding hydrogens is 334 g/mol. The zero-order valence-corrected chi connectivity index (χ0v) is 16.2. The van der Waals surface area contributed by atoms with Gasteiger partial charge in [0, 0.05) is 53.4 Å². The highest BCUT2D eigenvalue weighted by molar-refractivity contribution is 5.89. The Morgan fingerprint density at radius 3 is 2.23 bits per heavy atom. The summed E-state index contributed by atoms with van der Waals surface area (Å²) in [5.74, 6) is 0.210. The standard InChI is InChI=1S/C19H33N3O4/c1-25-15-5-3-9-21(12-15)17(23)11-19(7-8-20-14-19)18(24)22-10-4-6-16(13-22)26-2/h15-16,20H,3-14H2,1-2H3. The number of nitrogens with zero attached hydrogens (tertiary/aromatic N) is 2. The van der Waals surface area contributed by atoms with E-state index in [1.165, 1.54) is 0 Å². The molecule has 3 aliphatic rings. The zero-order chi connectivity index (χ0) is 18.6. The molecule has 0 aromatic rings. The second kappa shape index (κ2) is 8.67. The Bertz CT molecular complexity index is 507. The van der Waals surface area contributed by atoms with Crippen LogP contribution in [0.4, 0.5) is 0 Å². The van der Waals surface area contributed by atoms with Crippen LogP contribution in [0.15, 0.2) is 0 Å². The van der Waals surface area contributed by atoms with Crippen LogP contribution in [0.1, 0.15) is 38.5 Å². The van der Waals surface area contributed by atoms with E-state index in [1.54, 1.807) is 14.2 Å². The number of piperidine rings is 2. The number of hydrogen-bond acceptors (Lipinski definition) is 5. The highest BCUT2D eigenvalue weighted by atomic mass is 16.5. The predicted octanol–water partition coefficient (Wildman–Crippen LogP) is 0.631. The van der Waals surface area contributed by atoms with Crippen LogP contribution in [0, 0.1) is 5.41 Å². The Morgan fingerprint density at radius 1 is 1.04 bits per heavy atom. The molecule has 0 aromatic heterocycles. The van der Waals surface area contributed by atoms with Gasteiger partial charge >= 0.3 is 0 Å². The van der Waals surface area contributed by atoms with Gasteiger partial charge in [0.2, 0.25) is 11.8 Å². The Hall–Kier alpha value is -1.18. The summed E-state index contributed by atoms with van der Waals surface area (Å²) in [4.78, 5) is 30.1. The molecule has 0 bridgehead atoms. The average molecular weight is 367 g/mol. The lowest BCUT2D eigenvalue weighted by Gasteiger charge is -2.39. The number of hydrogen-bond donors (Lipinski definition) is 1. The minimum atomic E-state index is -0.604. The number of methoxy groups -OCH3 is 2. The van der Waals surface area contributed by atoms with Crippen LogP contribution in [-0.4, -0.2) is 87.3 Å². The van der Waals surface area contributed by atoms with Crippen LogP contribution in [0.3, 0.4) is 0 Å². The van der Waals surface area contributed by atoms with Crippen molar-refractivity contribution in [1.82, 2.24) is 15.1 Å². The van der Waals surface area contributed by atoms with Crippen molar-refractivity contribution in [3.63, 3.8) is 0 Å². The third-order valence-electron chi connectivity index (χ3n) is 6.25. The van der Waals surface area contributed by atoms with E-state index in [9.17, 15) is 9.59 Å². The largest absolute Gasteiger partial charge is 0.380 e. The number of rotatable bonds is 5. The number of ether oxygens (including phenoxy) is 2. The lowest BCUT2D eigenvalue weighted by atomic mass is 9.80. The van der Waals surface area contributed by atoms with Gasteiger partial charge in [-0.3, -0.25) is 9.59 Å². The van der Waals surface area contributed by atoms with E-state index in [0.29, 0.717) is 26.1 Å². The minimum absolute atomic E-state index is 0.0871. The Kier molecular flexibility index (Phi) is 6.53. The van der Waals surface area contributed by atoms with Gasteiger partial charge in [-0.1, -0.05) is 0 Å². The molecule has 0 radical (unpaired) electrons. The molecule has 7 nitrogen and oxygen atoms in total. The van der Waals surface area contributed by atoms with Crippen molar-refractivity contribution in [3.8, 4) is 0 Å². The summed E-state index contributed by atoms with van der Waals surface area (Å²) in [7, 11) is 3.41. The monoisotopic (exact) mass is 367 g/mol. The van der Waals surface area contributed by atoms with Crippen LogP contribution < -0.4 is 5.32 Å². The van der Waals surface area contributed by atoms with Crippen LogP contribution in [0.5, 0.6) is 0 Å². The van der Waals surface area contributed by atoms with E-state index in [-0.39, 0.29) is 24.0 Å². The van der Waals surface area contributed by atoms with Crippen molar-refractivity contribution in [3.05, 3.63) is 0 Å². The smallest absolute Gasteiger partial charge is 0.230 e. The SMILES string of the molecule is COC1CCCN(C(=O)CC2(C(=O)N3CCCC(OC)C3)CCNC2)C1. The minimum Gasteiger partial charge on any atom is -0.380 e. The molecule has 1 N–H and O–H groups in total. The molecule has 7 heteroatoms. The van der Waals surface area contributed by atoms with Gasteiger partial charge in [-0.15, -0.1) is 0 Å². The number of nitrogens with one attached hydrogen (secondary N) is 1. The molecule has 0 saturated carbocycles. The molecule has 3 aliphatic heterocycles. The van der Waals surface area contributed by atoms with E-state index < -0.39 is 5.41 Å². The maximum absolute atomic E-state index is 13.4. The molecule has 3 heterocycles. The fourth-order valence-corrected chi connectivity index (χ4v) is 4.56. The fourth-order valence-electron chi connectivity index (χ4n) is 4.56. The molecule has 3 fully saturated rings. The van der Waals surface area contributed by atoms with Crippen LogP contribution in [0.25, 0.3) is 0 Å². The first-order valence-electron chi connectivity index (χ1n) is 9.91. The molecule has 3 atom stereocenters. The van der Waals surface area contributed by atoms with Crippen molar-refractivity contribution in [2.75, 3.05) is 53.5 Å². The van der Waals surface area contributed by atoms with E-state index in [2.05, 4.69) is 5.32 Å². The third kappa shape index (κ3) is 4.21. The average Bonchev–Trinajstić information content (AvgIpc) is 3.17. The summed E-state index contributed by atoms with van der Waals surface area (Å²) in [6.45, 7) is 4.20. The lowest BCUT2D eigenvalue weighted by Crippen LogP contribution is -2.53. The van der Waals surface area contributed by atoms with E-state index in [1.807, 2.05) is 9.80 Å². The first kappa shape index (κ1) is 19.6. The molecule has 0 aliphatic carbocycles. The highest BCUT2D eigenvalue weighted by Crippen LogP contribution is 2.34. The third-order valence-corrected chi connectivity index (χ3v) is 6.25. The Morgan fingerprint density at radius 2 is 1.65 bits per heavy atom. The summed E-state index contributed by atoms with van der Waals surface area (Å²) >= 11 is 0. The maximum Gasteiger partial charge on any atom is 0.230 e. The first-order valence-corrected chi connectivity index (χ1v) is 9.91. The molecule has 3 rings (SSSR count). The molecule has 3 saturated heterocycles. The Balaban J connectivity index is 1.67. The molecule has 0 spiro atoms. The molecule has 3 unspecified atom stereocenters. The summed E-state index contributed by atoms with van der Waals surface area (Å²) in [5, 5.41) is 3.31. The van der Waals surface area contributed by atoms with Gasteiger partial charge in [0.15, 0.2) is 0 Å². The summed E-state index contributed by atoms with van der Waals surface area (Å²) in [5.41, 5.74) is -0.604. The topological polar surface area (TPSA) is 71.1 Å². The molecular formula is C19H33N3O4. The number of amides is 2. The van der Waals surface area contributed by atoms with E-state index in [4.69, 9.17) is 9.47 Å². The summed E-state index contributed by atoms with van der Waals surface area (Å²) in [6.07, 6.45) is 5.17. The van der Waals surface area contributed by atoms with Crippen molar-refractivity contribution in [1.29, 1.82) is 0 Å². The fraction of sp³-hybridized carbons (Fsp3) is 0.895. The van der Waals surface area contributed by atoms with Gasteiger partial charge in [0.25, 0.3) is 0 Å². The number of carbonyl (C=O) groups excluding carboxylic acids is 2. The van der Waals surface area contributed by atoms with Crippen LogP contribution in [0.2, 0.25) is 0 Å². The quantitative estimate of drug-likeness (QED) is 0.772. The van der Waals surface area contributed by atoms with Crippen molar-refractivity contribution in [2.45, 2.75) is 50.7 Å². The van der Waals surface area contributed by atoms with Gasteiger partial charge in [0.1, 0.15) is 0 Å². The van der Waals surface area contributed by atoms with Crippen LogP contribution >= 0.6 is 0 Å². The second-order valence-electron chi connectivity index (χ2n) is 7.97. The van der Waals surface area contributed by atoms with Gasteiger partial charge < -0.3 is 24.6 Å². The number of carbonyl (C=O) groups is 2. The summed E-state index contributed by atoms with van der Waals surface area (Å²) < 4.78 is 10.9. The second-order valence-corrected chi connectivity index (χ2v) is 7.97. The van der Waals surface area contributed by atoms with E-state index in [0.717, 1.165) is 51.7 Å². The lowest BCUT2D eigenvalue weighted by molar-refractivity contribution is -0.150. The Labute approximate surface area is 156 Å². The molecule has 148 valence electrons. The molecule has 0 aromatic carbocycles. The molecule has 26 heavy (non-hydrogen) atoms. The highest BCUT2D eigenvalue weighted by Gasteiger charge is 2.46. The van der Waals surface area contributed by atoms with Crippen molar-refractivity contribution >= 4 is 11.8 Å². The number of likely N-dealkylation sites (tertiary alicyclic amines) is 2. The van der Waals surface area contributed by atoms with Gasteiger partial charge in [0.05, 0.1) is 17.6 Å². The van der Waals surface area contributed by atoms with Crippen molar-refractivity contribution in [2.24, 2.45) is 5.41 Å². The van der Waals surface area contributed by atoms with Gasteiger partial charge in [-0.05, 0) is 38.6 Å². The predicted molar refractivity (Wildman–Crippen MR) is 97.8 cm³/mol. The first-order chi connectivity index (χ1) is 12.6.